The summed E-state index contributed by atoms with van der Waals surface area (Å²) in [6.45, 7) is 4.68. The van der Waals surface area contributed by atoms with Crippen LogP contribution in [0, 0.1) is 17.8 Å². The van der Waals surface area contributed by atoms with E-state index in [9.17, 15) is 4.79 Å². The third-order valence-electron chi connectivity index (χ3n) is 5.58. The number of carboxylic acids is 1. The minimum absolute atomic E-state index is 0.201. The molecular weight excluding hydrogens is 252 g/mol. The number of hydrogen-bond donors (Lipinski definition) is 2. The molecule has 3 N–H and O–H groups in total. The number of nitrogens with zero attached hydrogens (tertiary/aromatic N) is 1. The van der Waals surface area contributed by atoms with Crippen LogP contribution in [0.2, 0.25) is 0 Å². The average Bonchev–Trinajstić information content (AvgIpc) is 3.05. The molecule has 1 heterocycles. The second-order valence-corrected chi connectivity index (χ2v) is 7.77. The van der Waals surface area contributed by atoms with Crippen LogP contribution in [0.4, 0.5) is 0 Å². The lowest BCUT2D eigenvalue weighted by Crippen LogP contribution is -2.63. The van der Waals surface area contributed by atoms with E-state index in [-0.39, 0.29) is 12.0 Å². The Bertz CT molecular complexity index is 361. The molecule has 3 fully saturated rings. The van der Waals surface area contributed by atoms with E-state index in [0.717, 1.165) is 35.8 Å². The van der Waals surface area contributed by atoms with Gasteiger partial charge in [0.1, 0.15) is 0 Å². The Morgan fingerprint density at radius 3 is 2.20 bits per heavy atom. The van der Waals surface area contributed by atoms with Gasteiger partial charge in [-0.2, -0.15) is 0 Å². The summed E-state index contributed by atoms with van der Waals surface area (Å²) in [5.41, 5.74) is 6.30. The Morgan fingerprint density at radius 1 is 1.05 bits per heavy atom. The summed E-state index contributed by atoms with van der Waals surface area (Å²) in [7, 11) is 0. The molecule has 0 radical (unpaired) electrons. The quantitative estimate of drug-likeness (QED) is 0.730. The number of carbonyl (C=O) groups is 1. The van der Waals surface area contributed by atoms with Crippen LogP contribution >= 0.6 is 0 Å². The Labute approximate surface area is 121 Å². The molecule has 0 amide bonds. The highest BCUT2D eigenvalue weighted by molar-refractivity contribution is 5.67. The Kier molecular flexibility index (Phi) is 4.04. The summed E-state index contributed by atoms with van der Waals surface area (Å²) in [6.07, 6.45) is 8.11. The average molecular weight is 281 g/mol. The first-order chi connectivity index (χ1) is 9.55. The van der Waals surface area contributed by atoms with Crippen molar-refractivity contribution in [3.8, 4) is 0 Å². The van der Waals surface area contributed by atoms with Crippen molar-refractivity contribution in [2.75, 3.05) is 26.2 Å². The van der Waals surface area contributed by atoms with Crippen molar-refractivity contribution in [3.63, 3.8) is 0 Å². The third kappa shape index (κ3) is 3.53. The van der Waals surface area contributed by atoms with Crippen LogP contribution in [-0.4, -0.2) is 47.8 Å². The normalized spacial score (nSPS) is 38.5. The van der Waals surface area contributed by atoms with Crippen molar-refractivity contribution in [3.05, 3.63) is 0 Å². The molecule has 0 bridgehead atoms. The zero-order valence-electron chi connectivity index (χ0n) is 12.5. The molecule has 2 aliphatic carbocycles. The zero-order chi connectivity index (χ0) is 14.2. The highest BCUT2D eigenvalue weighted by atomic mass is 16.4. The van der Waals surface area contributed by atoms with E-state index in [1.807, 2.05) is 0 Å². The van der Waals surface area contributed by atoms with E-state index in [2.05, 4.69) is 0 Å². The maximum atomic E-state index is 11.1. The minimum Gasteiger partial charge on any atom is -0.481 e. The number of quaternary nitrogens is 1. The molecule has 3 aliphatic rings. The van der Waals surface area contributed by atoms with E-state index >= 15 is 0 Å². The van der Waals surface area contributed by atoms with Gasteiger partial charge in [-0.05, 0) is 32.1 Å². The van der Waals surface area contributed by atoms with Gasteiger partial charge in [0.2, 0.25) is 0 Å². The molecule has 0 aromatic rings. The van der Waals surface area contributed by atoms with E-state index in [0.29, 0.717) is 6.42 Å². The van der Waals surface area contributed by atoms with Gasteiger partial charge in [0, 0.05) is 17.8 Å². The Balaban J connectivity index is 1.69. The van der Waals surface area contributed by atoms with E-state index < -0.39 is 5.97 Å². The largest absolute Gasteiger partial charge is 0.481 e. The zero-order valence-corrected chi connectivity index (χ0v) is 12.5. The molecule has 3 atom stereocenters. The van der Waals surface area contributed by atoms with Gasteiger partial charge >= 0.3 is 5.97 Å². The van der Waals surface area contributed by atoms with Gasteiger partial charge in [-0.25, -0.2) is 0 Å². The van der Waals surface area contributed by atoms with Crippen LogP contribution in [0.1, 0.15) is 44.9 Å². The fourth-order valence-corrected chi connectivity index (χ4v) is 4.54. The van der Waals surface area contributed by atoms with E-state index in [1.54, 1.807) is 0 Å². The molecule has 0 aromatic carbocycles. The number of nitrogens with two attached hydrogens (primary N) is 1. The van der Waals surface area contributed by atoms with Crippen LogP contribution in [0.3, 0.4) is 0 Å². The summed E-state index contributed by atoms with van der Waals surface area (Å²) >= 11 is 0. The van der Waals surface area contributed by atoms with Crippen molar-refractivity contribution >= 4 is 5.97 Å². The van der Waals surface area contributed by atoms with Gasteiger partial charge in [0.05, 0.1) is 38.6 Å². The first-order valence-electron chi connectivity index (χ1n) is 8.37. The fraction of sp³-hybridized carbons (Fsp3) is 0.938. The first-order valence-corrected chi connectivity index (χ1v) is 8.37. The van der Waals surface area contributed by atoms with Gasteiger partial charge in [0.25, 0.3) is 0 Å². The molecule has 3 rings (SSSR count). The van der Waals surface area contributed by atoms with Gasteiger partial charge in [-0.3, -0.25) is 4.79 Å². The highest BCUT2D eigenvalue weighted by Gasteiger charge is 2.44. The lowest BCUT2D eigenvalue weighted by Gasteiger charge is -2.49. The smallest absolute Gasteiger partial charge is 0.303 e. The molecule has 4 heteroatoms. The number of rotatable bonds is 6. The maximum absolute atomic E-state index is 11.1. The molecule has 2 saturated carbocycles. The van der Waals surface area contributed by atoms with Crippen molar-refractivity contribution in [2.24, 2.45) is 23.5 Å². The molecule has 4 nitrogen and oxygen atoms in total. The van der Waals surface area contributed by atoms with Crippen molar-refractivity contribution in [2.45, 2.75) is 51.0 Å². The molecule has 0 spiro atoms. The number of piperidine rings is 1. The summed E-state index contributed by atoms with van der Waals surface area (Å²) < 4.78 is 1.13. The number of likely N-dealkylation sites (tertiary alicyclic amines) is 1. The van der Waals surface area contributed by atoms with Crippen LogP contribution in [-0.2, 0) is 4.79 Å². The SMILES string of the molecule is NC1CC(CC(=O)O)C[N+](CC2CCC2)(CC2CC2)C1. The first kappa shape index (κ1) is 14.3. The van der Waals surface area contributed by atoms with Gasteiger partial charge in [-0.15, -0.1) is 0 Å². The minimum atomic E-state index is -0.655. The molecule has 0 aromatic heterocycles. The summed E-state index contributed by atoms with van der Waals surface area (Å²) in [5, 5.41) is 9.11. The molecular formula is C16H29N2O2+. The van der Waals surface area contributed by atoms with Crippen molar-refractivity contribution < 1.29 is 14.4 Å². The second kappa shape index (κ2) is 5.64. The van der Waals surface area contributed by atoms with Crippen LogP contribution in [0.5, 0.6) is 0 Å². The molecule has 1 saturated heterocycles. The lowest BCUT2D eigenvalue weighted by molar-refractivity contribution is -0.941. The van der Waals surface area contributed by atoms with Gasteiger partial charge in [-0.1, -0.05) is 6.42 Å². The second-order valence-electron chi connectivity index (χ2n) is 7.77. The van der Waals surface area contributed by atoms with E-state index in [4.69, 9.17) is 10.8 Å². The summed E-state index contributed by atoms with van der Waals surface area (Å²) in [5.74, 6) is 1.41. The van der Waals surface area contributed by atoms with Crippen molar-refractivity contribution in [1.29, 1.82) is 0 Å². The molecule has 20 heavy (non-hydrogen) atoms. The predicted octanol–water partition coefficient (Wildman–Crippen LogP) is 1.84. The van der Waals surface area contributed by atoms with Gasteiger partial charge in [0.15, 0.2) is 0 Å². The number of carboxylic acid groups (broad SMARTS) is 1. The molecule has 3 unspecified atom stereocenters. The molecule has 1 aliphatic heterocycles. The Morgan fingerprint density at radius 2 is 1.70 bits per heavy atom. The lowest BCUT2D eigenvalue weighted by atomic mass is 9.82. The van der Waals surface area contributed by atoms with Crippen LogP contribution < -0.4 is 5.73 Å². The third-order valence-corrected chi connectivity index (χ3v) is 5.58. The predicted molar refractivity (Wildman–Crippen MR) is 78.1 cm³/mol. The molecule has 114 valence electrons. The van der Waals surface area contributed by atoms with Gasteiger partial charge < -0.3 is 15.3 Å². The highest BCUT2D eigenvalue weighted by Crippen LogP contribution is 2.38. The fourth-order valence-electron chi connectivity index (χ4n) is 4.54. The summed E-state index contributed by atoms with van der Waals surface area (Å²) in [6, 6.07) is 0.201. The summed E-state index contributed by atoms with van der Waals surface area (Å²) in [4.78, 5) is 11.1. The van der Waals surface area contributed by atoms with E-state index in [1.165, 1.54) is 45.2 Å². The van der Waals surface area contributed by atoms with Crippen LogP contribution in [0.25, 0.3) is 0 Å². The standard InChI is InChI=1S/C16H28N2O2/c17-15-6-14(7-16(19)20)10-18(11-15,9-13-4-5-13)8-12-2-1-3-12/h12-15H,1-11,17H2/p+1. The number of hydrogen-bond acceptors (Lipinski definition) is 2. The monoisotopic (exact) mass is 281 g/mol. The number of aliphatic carboxylic acids is 1. The Hall–Kier alpha value is -0.610. The maximum Gasteiger partial charge on any atom is 0.303 e. The van der Waals surface area contributed by atoms with Crippen LogP contribution in [0.15, 0.2) is 0 Å². The van der Waals surface area contributed by atoms with Crippen molar-refractivity contribution in [1.82, 2.24) is 0 Å². The topological polar surface area (TPSA) is 63.3 Å².